The van der Waals surface area contributed by atoms with Crippen LogP contribution >= 0.6 is 23.4 Å². The summed E-state index contributed by atoms with van der Waals surface area (Å²) in [4.78, 5) is 12.1. The summed E-state index contributed by atoms with van der Waals surface area (Å²) in [5.41, 5.74) is 0. The molecule has 2 aromatic carbocycles. The van der Waals surface area contributed by atoms with Gasteiger partial charge in [0.2, 0.25) is 5.91 Å². The van der Waals surface area contributed by atoms with E-state index >= 15 is 0 Å². The van der Waals surface area contributed by atoms with Gasteiger partial charge in [0.15, 0.2) is 22.5 Å². The predicted molar refractivity (Wildman–Crippen MR) is 122 cm³/mol. The Morgan fingerprint density at radius 2 is 1.97 bits per heavy atom. The molecule has 0 aliphatic rings. The van der Waals surface area contributed by atoms with Gasteiger partial charge in [0.25, 0.3) is 0 Å². The molecule has 3 aromatic rings. The van der Waals surface area contributed by atoms with Crippen LogP contribution in [0.4, 0.5) is 4.39 Å². The Labute approximate surface area is 194 Å². The SMILES string of the molecule is C=CCn1c(COc2ccccc2F)nnc1SCC(=O)NCCOc1ccc(Cl)cc1. The lowest BCUT2D eigenvalue weighted by molar-refractivity contribution is -0.118. The van der Waals surface area contributed by atoms with Crippen LogP contribution in [0.1, 0.15) is 5.82 Å². The number of allylic oxidation sites excluding steroid dienone is 1. The molecule has 10 heteroatoms. The van der Waals surface area contributed by atoms with E-state index in [9.17, 15) is 9.18 Å². The van der Waals surface area contributed by atoms with Gasteiger partial charge in [-0.1, -0.05) is 41.6 Å². The lowest BCUT2D eigenvalue weighted by atomic mass is 10.3. The van der Waals surface area contributed by atoms with E-state index in [0.29, 0.717) is 41.4 Å². The molecule has 7 nitrogen and oxygen atoms in total. The lowest BCUT2D eigenvalue weighted by Gasteiger charge is -2.10. The van der Waals surface area contributed by atoms with Crippen LogP contribution in [-0.4, -0.2) is 39.6 Å². The Morgan fingerprint density at radius 3 is 2.72 bits per heavy atom. The number of aromatic nitrogens is 3. The zero-order chi connectivity index (χ0) is 22.8. The molecule has 0 aliphatic heterocycles. The van der Waals surface area contributed by atoms with Crippen LogP contribution in [0.15, 0.2) is 66.3 Å². The summed E-state index contributed by atoms with van der Waals surface area (Å²) in [6, 6.07) is 13.1. The first-order chi connectivity index (χ1) is 15.6. The number of halogens is 2. The first kappa shape index (κ1) is 23.6. The molecule has 0 atom stereocenters. The van der Waals surface area contributed by atoms with Crippen molar-refractivity contribution in [1.29, 1.82) is 0 Å². The van der Waals surface area contributed by atoms with Crippen molar-refractivity contribution in [1.82, 2.24) is 20.1 Å². The number of amides is 1. The summed E-state index contributed by atoms with van der Waals surface area (Å²) in [5.74, 6) is 0.869. The minimum Gasteiger partial charge on any atom is -0.492 e. The highest BCUT2D eigenvalue weighted by Gasteiger charge is 2.14. The smallest absolute Gasteiger partial charge is 0.230 e. The molecule has 0 saturated carbocycles. The predicted octanol–water partition coefficient (Wildman–Crippen LogP) is 4.12. The Hall–Kier alpha value is -3.04. The van der Waals surface area contributed by atoms with E-state index in [4.69, 9.17) is 21.1 Å². The number of hydrogen-bond donors (Lipinski definition) is 1. The van der Waals surface area contributed by atoms with Gasteiger partial charge in [0.05, 0.1) is 12.3 Å². The van der Waals surface area contributed by atoms with E-state index in [1.54, 1.807) is 53.1 Å². The van der Waals surface area contributed by atoms with Crippen LogP contribution in [0, 0.1) is 5.82 Å². The lowest BCUT2D eigenvalue weighted by Crippen LogP contribution is -2.29. The highest BCUT2D eigenvalue weighted by Crippen LogP contribution is 2.20. The molecule has 0 aliphatic carbocycles. The maximum atomic E-state index is 13.7. The molecule has 0 spiro atoms. The molecule has 3 rings (SSSR count). The second kappa shape index (κ2) is 12.1. The standard InChI is InChI=1S/C22H22ClFN4O3S/c1-2-12-28-20(14-31-19-6-4-3-5-18(19)24)26-27-22(28)32-15-21(29)25-11-13-30-17-9-7-16(23)8-10-17/h2-10H,1,11-15H2,(H,25,29). The van der Waals surface area contributed by atoms with Gasteiger partial charge in [0, 0.05) is 11.6 Å². The Kier molecular flexibility index (Phi) is 8.94. The van der Waals surface area contributed by atoms with E-state index in [2.05, 4.69) is 22.1 Å². The first-order valence-corrected chi connectivity index (χ1v) is 11.1. The second-order valence-electron chi connectivity index (χ2n) is 6.46. The molecule has 1 heterocycles. The van der Waals surface area contributed by atoms with Crippen molar-refractivity contribution in [3.63, 3.8) is 0 Å². The van der Waals surface area contributed by atoms with Crippen molar-refractivity contribution >= 4 is 29.3 Å². The maximum absolute atomic E-state index is 13.7. The minimum absolute atomic E-state index is 0.0383. The molecule has 1 amide bonds. The fraction of sp³-hybridized carbons (Fsp3) is 0.227. The van der Waals surface area contributed by atoms with Gasteiger partial charge in [-0.05, 0) is 36.4 Å². The summed E-state index contributed by atoms with van der Waals surface area (Å²) < 4.78 is 26.6. The summed E-state index contributed by atoms with van der Waals surface area (Å²) in [6.45, 7) is 4.91. The summed E-state index contributed by atoms with van der Waals surface area (Å²) >= 11 is 7.07. The van der Waals surface area contributed by atoms with Crippen LogP contribution in [0.2, 0.25) is 5.02 Å². The summed E-state index contributed by atoms with van der Waals surface area (Å²) in [5, 5.41) is 12.2. The Balaban J connectivity index is 1.46. The van der Waals surface area contributed by atoms with Gasteiger partial charge >= 0.3 is 0 Å². The van der Waals surface area contributed by atoms with Crippen LogP contribution in [0.3, 0.4) is 0 Å². The number of para-hydroxylation sites is 1. The van der Waals surface area contributed by atoms with E-state index in [1.165, 1.54) is 17.8 Å². The molecule has 1 aromatic heterocycles. The molecule has 32 heavy (non-hydrogen) atoms. The number of thioether (sulfide) groups is 1. The molecule has 0 saturated heterocycles. The Morgan fingerprint density at radius 1 is 1.19 bits per heavy atom. The van der Waals surface area contributed by atoms with E-state index in [0.717, 1.165) is 0 Å². The number of nitrogens with one attached hydrogen (secondary N) is 1. The summed E-state index contributed by atoms with van der Waals surface area (Å²) in [7, 11) is 0. The molecule has 1 N–H and O–H groups in total. The third kappa shape index (κ3) is 7.00. The van der Waals surface area contributed by atoms with Crippen LogP contribution in [-0.2, 0) is 17.9 Å². The average Bonchev–Trinajstić information content (AvgIpc) is 3.18. The number of carbonyl (C=O) groups excluding carboxylic acids is 1. The number of carbonyl (C=O) groups is 1. The monoisotopic (exact) mass is 476 g/mol. The van der Waals surface area contributed by atoms with Gasteiger partial charge in [0.1, 0.15) is 19.0 Å². The van der Waals surface area contributed by atoms with Crippen molar-refractivity contribution < 1.29 is 18.7 Å². The van der Waals surface area contributed by atoms with Crippen molar-refractivity contribution in [3.8, 4) is 11.5 Å². The number of nitrogens with zero attached hydrogens (tertiary/aromatic N) is 3. The number of rotatable bonds is 12. The molecule has 0 bridgehead atoms. The summed E-state index contributed by atoms with van der Waals surface area (Å²) in [6.07, 6.45) is 1.69. The average molecular weight is 477 g/mol. The molecule has 0 unspecified atom stereocenters. The normalized spacial score (nSPS) is 10.6. The van der Waals surface area contributed by atoms with Crippen molar-refractivity contribution in [2.45, 2.75) is 18.3 Å². The van der Waals surface area contributed by atoms with Crippen molar-refractivity contribution in [3.05, 3.63) is 77.9 Å². The fourth-order valence-electron chi connectivity index (χ4n) is 2.62. The van der Waals surface area contributed by atoms with Gasteiger partial charge in [-0.15, -0.1) is 16.8 Å². The highest BCUT2D eigenvalue weighted by atomic mass is 35.5. The maximum Gasteiger partial charge on any atom is 0.230 e. The minimum atomic E-state index is -0.450. The quantitative estimate of drug-likeness (QED) is 0.241. The molecular formula is C22H22ClFN4O3S. The van der Waals surface area contributed by atoms with Gasteiger partial charge in [-0.3, -0.25) is 9.36 Å². The van der Waals surface area contributed by atoms with Gasteiger partial charge in [-0.2, -0.15) is 0 Å². The Bertz CT molecular complexity index is 1050. The zero-order valence-corrected chi connectivity index (χ0v) is 18.7. The molecule has 168 valence electrons. The molecule has 0 radical (unpaired) electrons. The third-order valence-corrected chi connectivity index (χ3v) is 5.36. The topological polar surface area (TPSA) is 78.3 Å². The highest BCUT2D eigenvalue weighted by molar-refractivity contribution is 7.99. The number of benzene rings is 2. The van der Waals surface area contributed by atoms with E-state index in [1.807, 2.05) is 0 Å². The van der Waals surface area contributed by atoms with E-state index < -0.39 is 5.82 Å². The third-order valence-electron chi connectivity index (χ3n) is 4.14. The van der Waals surface area contributed by atoms with Crippen LogP contribution in [0.5, 0.6) is 11.5 Å². The van der Waals surface area contributed by atoms with Crippen molar-refractivity contribution in [2.24, 2.45) is 0 Å². The van der Waals surface area contributed by atoms with Crippen molar-refractivity contribution in [2.75, 3.05) is 18.9 Å². The zero-order valence-electron chi connectivity index (χ0n) is 17.2. The molecular weight excluding hydrogens is 455 g/mol. The largest absolute Gasteiger partial charge is 0.492 e. The van der Waals surface area contributed by atoms with Crippen LogP contribution in [0.25, 0.3) is 0 Å². The number of hydrogen-bond acceptors (Lipinski definition) is 6. The van der Waals surface area contributed by atoms with E-state index in [-0.39, 0.29) is 24.0 Å². The molecule has 0 fully saturated rings. The second-order valence-corrected chi connectivity index (χ2v) is 7.84. The number of ether oxygens (including phenoxy) is 2. The first-order valence-electron chi connectivity index (χ1n) is 9.75. The van der Waals surface area contributed by atoms with Gasteiger partial charge < -0.3 is 14.8 Å². The van der Waals surface area contributed by atoms with Crippen LogP contribution < -0.4 is 14.8 Å². The fourth-order valence-corrected chi connectivity index (χ4v) is 3.54. The van der Waals surface area contributed by atoms with Gasteiger partial charge in [-0.25, -0.2) is 4.39 Å².